The molecular formula is C6H6N2O3. The van der Waals surface area contributed by atoms with Crippen molar-refractivity contribution in [3.05, 3.63) is 22.4 Å². The fourth-order valence-electron chi connectivity index (χ4n) is 0.682. The molecule has 0 radical (unpaired) electrons. The molecule has 0 fully saturated rings. The van der Waals surface area contributed by atoms with Gasteiger partial charge >= 0.3 is 0 Å². The van der Waals surface area contributed by atoms with Gasteiger partial charge in [-0.1, -0.05) is 0 Å². The minimum atomic E-state index is -0.454. The van der Waals surface area contributed by atoms with Crippen LogP contribution >= 0.6 is 0 Å². The standard InChI is InChI=1S/C6H6N2O3/c1-11-5-4(2-9)7-3-8-6(5)10/h2-3H,1H3,(H,7,8,10). The summed E-state index contributed by atoms with van der Waals surface area (Å²) in [6, 6.07) is 0. The molecule has 0 aromatic carbocycles. The first kappa shape index (κ1) is 7.46. The molecule has 11 heavy (non-hydrogen) atoms. The van der Waals surface area contributed by atoms with Crippen LogP contribution in [0.5, 0.6) is 5.75 Å². The van der Waals surface area contributed by atoms with Crippen molar-refractivity contribution in [3.63, 3.8) is 0 Å². The summed E-state index contributed by atoms with van der Waals surface area (Å²) in [5, 5.41) is 0. The number of ether oxygens (including phenoxy) is 1. The maximum Gasteiger partial charge on any atom is 0.293 e. The predicted octanol–water partition coefficient (Wildman–Crippen LogP) is -0.409. The summed E-state index contributed by atoms with van der Waals surface area (Å²) in [6.07, 6.45) is 1.61. The fraction of sp³-hybridized carbons (Fsp3) is 0.167. The second-order valence-corrected chi connectivity index (χ2v) is 1.77. The van der Waals surface area contributed by atoms with Crippen LogP contribution in [0, 0.1) is 0 Å². The number of rotatable bonds is 2. The van der Waals surface area contributed by atoms with E-state index in [9.17, 15) is 9.59 Å². The maximum absolute atomic E-state index is 10.9. The zero-order valence-corrected chi connectivity index (χ0v) is 5.83. The largest absolute Gasteiger partial charge is 0.489 e. The molecule has 5 nitrogen and oxygen atoms in total. The monoisotopic (exact) mass is 154 g/mol. The summed E-state index contributed by atoms with van der Waals surface area (Å²) in [4.78, 5) is 26.9. The molecule has 0 aliphatic carbocycles. The van der Waals surface area contributed by atoms with Crippen LogP contribution in [0.3, 0.4) is 0 Å². The Morgan fingerprint density at radius 1 is 1.73 bits per heavy atom. The van der Waals surface area contributed by atoms with Crippen molar-refractivity contribution >= 4 is 6.29 Å². The Morgan fingerprint density at radius 3 is 2.91 bits per heavy atom. The van der Waals surface area contributed by atoms with Crippen molar-refractivity contribution in [2.24, 2.45) is 0 Å². The molecule has 0 spiro atoms. The molecule has 5 heteroatoms. The fourth-order valence-corrected chi connectivity index (χ4v) is 0.682. The van der Waals surface area contributed by atoms with Crippen molar-refractivity contribution in [2.45, 2.75) is 0 Å². The number of H-pyrrole nitrogens is 1. The number of carbonyl (C=O) groups is 1. The first-order valence-corrected chi connectivity index (χ1v) is 2.86. The smallest absolute Gasteiger partial charge is 0.293 e. The number of nitrogens with zero attached hydrogens (tertiary/aromatic N) is 1. The summed E-state index contributed by atoms with van der Waals surface area (Å²) in [6.45, 7) is 0. The van der Waals surface area contributed by atoms with Crippen LogP contribution in [0.4, 0.5) is 0 Å². The third-order valence-corrected chi connectivity index (χ3v) is 1.15. The van der Waals surface area contributed by atoms with Gasteiger partial charge in [0.15, 0.2) is 12.0 Å². The van der Waals surface area contributed by atoms with E-state index >= 15 is 0 Å². The van der Waals surface area contributed by atoms with E-state index in [1.165, 1.54) is 7.11 Å². The maximum atomic E-state index is 10.9. The van der Waals surface area contributed by atoms with Crippen LogP contribution in [0.25, 0.3) is 0 Å². The number of nitrogens with one attached hydrogen (secondary N) is 1. The molecule has 1 N–H and O–H groups in total. The van der Waals surface area contributed by atoms with Gasteiger partial charge in [0.2, 0.25) is 5.75 Å². The van der Waals surface area contributed by atoms with E-state index in [4.69, 9.17) is 0 Å². The molecule has 1 heterocycles. The molecule has 0 saturated heterocycles. The zero-order valence-electron chi connectivity index (χ0n) is 5.83. The lowest BCUT2D eigenvalue weighted by atomic mass is 10.4. The molecule has 0 amide bonds. The van der Waals surface area contributed by atoms with Gasteiger partial charge in [-0.25, -0.2) is 4.98 Å². The minimum Gasteiger partial charge on any atom is -0.489 e. The number of aldehydes is 1. The lowest BCUT2D eigenvalue weighted by Gasteiger charge is -1.97. The topological polar surface area (TPSA) is 72.0 Å². The summed E-state index contributed by atoms with van der Waals surface area (Å²) < 4.78 is 4.63. The molecule has 1 aromatic heterocycles. The van der Waals surface area contributed by atoms with E-state index in [1.54, 1.807) is 0 Å². The van der Waals surface area contributed by atoms with Gasteiger partial charge in [-0.15, -0.1) is 0 Å². The first-order chi connectivity index (χ1) is 5.29. The van der Waals surface area contributed by atoms with Crippen molar-refractivity contribution in [1.29, 1.82) is 0 Å². The van der Waals surface area contributed by atoms with Crippen LogP contribution in [0.1, 0.15) is 10.5 Å². The Bertz CT molecular complexity index is 318. The summed E-state index contributed by atoms with van der Waals surface area (Å²) in [5.41, 5.74) is -0.444. The molecule has 0 unspecified atom stereocenters. The van der Waals surface area contributed by atoms with Gasteiger partial charge in [0.1, 0.15) is 0 Å². The van der Waals surface area contributed by atoms with E-state index in [-0.39, 0.29) is 11.4 Å². The van der Waals surface area contributed by atoms with E-state index in [1.807, 2.05) is 0 Å². The highest BCUT2D eigenvalue weighted by atomic mass is 16.5. The third-order valence-electron chi connectivity index (χ3n) is 1.15. The lowest BCUT2D eigenvalue weighted by molar-refractivity contribution is 0.111. The van der Waals surface area contributed by atoms with Gasteiger partial charge in [-0.05, 0) is 0 Å². The van der Waals surface area contributed by atoms with Crippen LogP contribution in [0.15, 0.2) is 11.1 Å². The molecule has 0 atom stereocenters. The number of aromatic nitrogens is 2. The second-order valence-electron chi connectivity index (χ2n) is 1.77. The summed E-state index contributed by atoms with van der Waals surface area (Å²) in [7, 11) is 1.30. The minimum absolute atomic E-state index is 0.0104. The van der Waals surface area contributed by atoms with E-state index in [2.05, 4.69) is 14.7 Å². The Balaban J connectivity index is 3.36. The quantitative estimate of drug-likeness (QED) is 0.588. The molecule has 0 bridgehead atoms. The van der Waals surface area contributed by atoms with Gasteiger partial charge in [0.25, 0.3) is 5.56 Å². The Morgan fingerprint density at radius 2 is 2.45 bits per heavy atom. The highest BCUT2D eigenvalue weighted by Gasteiger charge is 2.05. The second kappa shape index (κ2) is 2.96. The predicted molar refractivity (Wildman–Crippen MR) is 36.8 cm³/mol. The first-order valence-electron chi connectivity index (χ1n) is 2.86. The molecule has 1 rings (SSSR count). The number of methoxy groups -OCH3 is 1. The Kier molecular flexibility index (Phi) is 2.00. The van der Waals surface area contributed by atoms with Gasteiger partial charge in [0.05, 0.1) is 13.4 Å². The molecule has 0 saturated carbocycles. The van der Waals surface area contributed by atoms with Crippen molar-refractivity contribution in [3.8, 4) is 5.75 Å². The van der Waals surface area contributed by atoms with Gasteiger partial charge in [-0.3, -0.25) is 9.59 Å². The van der Waals surface area contributed by atoms with Crippen LogP contribution in [0.2, 0.25) is 0 Å². The third kappa shape index (κ3) is 1.26. The Hall–Kier alpha value is -1.65. The molecule has 0 aliphatic heterocycles. The Labute approximate surface area is 62.0 Å². The molecule has 58 valence electrons. The summed E-state index contributed by atoms with van der Waals surface area (Å²) >= 11 is 0. The van der Waals surface area contributed by atoms with Crippen molar-refractivity contribution in [1.82, 2.24) is 9.97 Å². The van der Waals surface area contributed by atoms with E-state index < -0.39 is 5.56 Å². The van der Waals surface area contributed by atoms with Crippen LogP contribution < -0.4 is 10.3 Å². The average molecular weight is 154 g/mol. The highest BCUT2D eigenvalue weighted by Crippen LogP contribution is 2.03. The van der Waals surface area contributed by atoms with Gasteiger partial charge in [-0.2, -0.15) is 0 Å². The van der Waals surface area contributed by atoms with Crippen molar-refractivity contribution < 1.29 is 9.53 Å². The normalized spacial score (nSPS) is 9.18. The zero-order chi connectivity index (χ0) is 8.27. The van der Waals surface area contributed by atoms with Crippen molar-refractivity contribution in [2.75, 3.05) is 7.11 Å². The molecule has 1 aromatic rings. The number of hydrogen-bond donors (Lipinski definition) is 1. The van der Waals surface area contributed by atoms with Crippen LogP contribution in [-0.2, 0) is 0 Å². The van der Waals surface area contributed by atoms with E-state index in [0.29, 0.717) is 6.29 Å². The van der Waals surface area contributed by atoms with Gasteiger partial charge < -0.3 is 9.72 Å². The summed E-state index contributed by atoms with van der Waals surface area (Å²) in [5.74, 6) is -0.0532. The average Bonchev–Trinajstić information content (AvgIpc) is 2.04. The number of aromatic amines is 1. The van der Waals surface area contributed by atoms with E-state index in [0.717, 1.165) is 6.33 Å². The molecule has 0 aliphatic rings. The number of hydrogen-bond acceptors (Lipinski definition) is 4. The van der Waals surface area contributed by atoms with Crippen LogP contribution in [-0.4, -0.2) is 23.4 Å². The molecular weight excluding hydrogens is 148 g/mol. The van der Waals surface area contributed by atoms with Gasteiger partial charge in [0, 0.05) is 0 Å². The lowest BCUT2D eigenvalue weighted by Crippen LogP contribution is -2.12. The number of carbonyl (C=O) groups excluding carboxylic acids is 1. The SMILES string of the molecule is COc1c(C=O)nc[nH]c1=O. The highest BCUT2D eigenvalue weighted by molar-refractivity contribution is 5.75.